The molecule has 1 aliphatic heterocycles. The summed E-state index contributed by atoms with van der Waals surface area (Å²) in [4.78, 5) is 14.6. The van der Waals surface area contributed by atoms with E-state index >= 15 is 0 Å². The number of carbonyl (C=O) groups is 1. The molecule has 1 saturated heterocycles. The second-order valence-corrected chi connectivity index (χ2v) is 7.10. The van der Waals surface area contributed by atoms with Gasteiger partial charge in [0.2, 0.25) is 0 Å². The number of hydrogen-bond acceptors (Lipinski definition) is 2. The van der Waals surface area contributed by atoms with E-state index in [4.69, 9.17) is 11.6 Å². The molecule has 0 aromatic heterocycles. The van der Waals surface area contributed by atoms with Crippen LogP contribution in [0.25, 0.3) is 0 Å². The summed E-state index contributed by atoms with van der Waals surface area (Å²) < 4.78 is 14.1. The molecule has 3 rings (SSSR count). The second-order valence-electron chi connectivity index (χ2n) is 6.69. The Morgan fingerprint density at radius 1 is 1.31 bits per heavy atom. The van der Waals surface area contributed by atoms with E-state index in [-0.39, 0.29) is 18.3 Å². The van der Waals surface area contributed by atoms with Gasteiger partial charge >= 0.3 is 0 Å². The number of rotatable bonds is 5. The third kappa shape index (κ3) is 4.25. The first-order chi connectivity index (χ1) is 12.6. The van der Waals surface area contributed by atoms with Crippen molar-refractivity contribution in [1.82, 2.24) is 10.2 Å². The van der Waals surface area contributed by atoms with Crippen LogP contribution < -0.4 is 5.32 Å². The quantitative estimate of drug-likeness (QED) is 0.828. The molecule has 0 aliphatic carbocycles. The summed E-state index contributed by atoms with van der Waals surface area (Å²) >= 11 is 6.12. The zero-order valence-corrected chi connectivity index (χ0v) is 15.7. The predicted molar refractivity (Wildman–Crippen MR) is 103 cm³/mol. The van der Waals surface area contributed by atoms with Gasteiger partial charge in [-0.25, -0.2) is 4.39 Å². The molecule has 1 N–H and O–H groups in total. The molecule has 3 nitrogen and oxygen atoms in total. The maximum Gasteiger partial charge on any atom is 0.254 e. The fourth-order valence-corrected chi connectivity index (χ4v) is 3.67. The van der Waals surface area contributed by atoms with Gasteiger partial charge in [-0.15, -0.1) is 0 Å². The fraction of sp³-hybridized carbons (Fsp3) is 0.381. The average molecular weight is 375 g/mol. The highest BCUT2D eigenvalue weighted by Crippen LogP contribution is 2.25. The van der Waals surface area contributed by atoms with Crippen LogP contribution in [0.1, 0.15) is 47.2 Å². The zero-order valence-electron chi connectivity index (χ0n) is 15.0. The van der Waals surface area contributed by atoms with E-state index in [1.165, 1.54) is 11.6 Å². The third-order valence-electron chi connectivity index (χ3n) is 4.98. The number of piperidine rings is 1. The highest BCUT2D eigenvalue weighted by atomic mass is 35.5. The normalized spacial score (nSPS) is 17.1. The molecule has 0 radical (unpaired) electrons. The van der Waals surface area contributed by atoms with Crippen molar-refractivity contribution in [1.29, 1.82) is 0 Å². The maximum absolute atomic E-state index is 14.1. The van der Waals surface area contributed by atoms with Crippen molar-refractivity contribution >= 4 is 17.5 Å². The standard InChI is InChI=1S/C21H24ClFN2O/c1-2-25(14-18-19(22)9-4-10-20(18)23)21(26)16-7-3-6-15(12-16)17-8-5-11-24-13-17/h3-4,6-7,9-10,12,17,24H,2,5,8,11,13-14H2,1H3/t17-/m1/s1. The van der Waals surface area contributed by atoms with Crippen molar-refractivity contribution in [3.05, 3.63) is 70.0 Å². The lowest BCUT2D eigenvalue weighted by molar-refractivity contribution is 0.0751. The van der Waals surface area contributed by atoms with Crippen LogP contribution >= 0.6 is 11.6 Å². The number of amides is 1. The molecule has 138 valence electrons. The molecule has 0 bridgehead atoms. The summed E-state index contributed by atoms with van der Waals surface area (Å²) in [7, 11) is 0. The Morgan fingerprint density at radius 2 is 2.12 bits per heavy atom. The van der Waals surface area contributed by atoms with Crippen molar-refractivity contribution < 1.29 is 9.18 Å². The molecule has 1 heterocycles. The maximum atomic E-state index is 14.1. The van der Waals surface area contributed by atoms with Crippen LogP contribution in [0, 0.1) is 5.82 Å². The number of hydrogen-bond donors (Lipinski definition) is 1. The SMILES string of the molecule is CCN(Cc1c(F)cccc1Cl)C(=O)c1cccc([C@@H]2CCCNC2)c1. The molecule has 2 aromatic carbocycles. The number of nitrogens with zero attached hydrogens (tertiary/aromatic N) is 1. The fourth-order valence-electron chi connectivity index (χ4n) is 3.45. The van der Waals surface area contributed by atoms with Gasteiger partial charge in [0.05, 0.1) is 6.54 Å². The third-order valence-corrected chi connectivity index (χ3v) is 5.34. The van der Waals surface area contributed by atoms with Gasteiger partial charge in [0.1, 0.15) is 5.82 Å². The van der Waals surface area contributed by atoms with E-state index in [1.807, 2.05) is 25.1 Å². The largest absolute Gasteiger partial charge is 0.334 e. The summed E-state index contributed by atoms with van der Waals surface area (Å²) in [5, 5.41) is 3.76. The first-order valence-corrected chi connectivity index (χ1v) is 9.50. The van der Waals surface area contributed by atoms with E-state index in [1.54, 1.807) is 17.0 Å². The lowest BCUT2D eigenvalue weighted by Crippen LogP contribution is -2.31. The van der Waals surface area contributed by atoms with Gasteiger partial charge in [0.15, 0.2) is 0 Å². The van der Waals surface area contributed by atoms with E-state index in [2.05, 4.69) is 11.4 Å². The van der Waals surface area contributed by atoms with Gasteiger partial charge in [-0.1, -0.05) is 29.8 Å². The molecule has 0 spiro atoms. The molecular weight excluding hydrogens is 351 g/mol. The number of nitrogens with one attached hydrogen (secondary N) is 1. The number of benzene rings is 2. The minimum absolute atomic E-state index is 0.0996. The zero-order chi connectivity index (χ0) is 18.5. The van der Waals surface area contributed by atoms with Crippen LogP contribution in [-0.4, -0.2) is 30.4 Å². The first-order valence-electron chi connectivity index (χ1n) is 9.13. The molecule has 0 saturated carbocycles. The Balaban J connectivity index is 1.80. The number of carbonyl (C=O) groups excluding carboxylic acids is 1. The van der Waals surface area contributed by atoms with Crippen LogP contribution in [-0.2, 0) is 6.54 Å². The highest BCUT2D eigenvalue weighted by molar-refractivity contribution is 6.31. The van der Waals surface area contributed by atoms with E-state index < -0.39 is 0 Å². The second kappa shape index (κ2) is 8.65. The molecular formula is C21H24ClFN2O. The monoisotopic (exact) mass is 374 g/mol. The smallest absolute Gasteiger partial charge is 0.254 e. The highest BCUT2D eigenvalue weighted by Gasteiger charge is 2.20. The molecule has 1 aliphatic rings. The molecule has 1 fully saturated rings. The Hall–Kier alpha value is -1.91. The van der Waals surface area contributed by atoms with Gasteiger partial charge in [0.25, 0.3) is 5.91 Å². The summed E-state index contributed by atoms with van der Waals surface area (Å²) in [6, 6.07) is 12.4. The number of halogens is 2. The van der Waals surface area contributed by atoms with E-state index in [0.29, 0.717) is 28.6 Å². The van der Waals surface area contributed by atoms with Gasteiger partial charge in [0, 0.05) is 29.2 Å². The lowest BCUT2D eigenvalue weighted by atomic mass is 9.90. The molecule has 2 aromatic rings. The van der Waals surface area contributed by atoms with Crippen LogP contribution in [0.15, 0.2) is 42.5 Å². The lowest BCUT2D eigenvalue weighted by Gasteiger charge is -2.25. The van der Waals surface area contributed by atoms with E-state index in [0.717, 1.165) is 25.9 Å². The first kappa shape index (κ1) is 18.9. The molecule has 1 amide bonds. The summed E-state index contributed by atoms with van der Waals surface area (Å²) in [5.74, 6) is -0.0455. The minimum Gasteiger partial charge on any atom is -0.334 e. The van der Waals surface area contributed by atoms with Crippen molar-refractivity contribution in [2.45, 2.75) is 32.2 Å². The Bertz CT molecular complexity index is 754. The van der Waals surface area contributed by atoms with Gasteiger partial charge in [-0.3, -0.25) is 4.79 Å². The van der Waals surface area contributed by atoms with Crippen molar-refractivity contribution in [3.8, 4) is 0 Å². The van der Waals surface area contributed by atoms with Crippen molar-refractivity contribution in [2.75, 3.05) is 19.6 Å². The topological polar surface area (TPSA) is 32.3 Å². The van der Waals surface area contributed by atoms with Crippen LogP contribution in [0.2, 0.25) is 5.02 Å². The van der Waals surface area contributed by atoms with Crippen LogP contribution in [0.3, 0.4) is 0 Å². The Kier molecular flexibility index (Phi) is 6.28. The van der Waals surface area contributed by atoms with E-state index in [9.17, 15) is 9.18 Å². The predicted octanol–water partition coefficient (Wildman–Crippen LogP) is 4.61. The molecule has 0 unspecified atom stereocenters. The van der Waals surface area contributed by atoms with Gasteiger partial charge in [-0.2, -0.15) is 0 Å². The molecule has 26 heavy (non-hydrogen) atoms. The molecule has 1 atom stereocenters. The Labute approximate surface area is 159 Å². The van der Waals surface area contributed by atoms with Gasteiger partial charge in [-0.05, 0) is 62.1 Å². The Morgan fingerprint density at radius 3 is 2.81 bits per heavy atom. The summed E-state index contributed by atoms with van der Waals surface area (Å²) in [6.45, 7) is 4.54. The minimum atomic E-state index is -0.384. The van der Waals surface area contributed by atoms with Crippen molar-refractivity contribution in [3.63, 3.8) is 0 Å². The van der Waals surface area contributed by atoms with Crippen LogP contribution in [0.5, 0.6) is 0 Å². The van der Waals surface area contributed by atoms with Crippen LogP contribution in [0.4, 0.5) is 4.39 Å². The summed E-state index contributed by atoms with van der Waals surface area (Å²) in [6.07, 6.45) is 2.28. The van der Waals surface area contributed by atoms with Gasteiger partial charge < -0.3 is 10.2 Å². The summed E-state index contributed by atoms with van der Waals surface area (Å²) in [5.41, 5.74) is 2.18. The average Bonchev–Trinajstić information content (AvgIpc) is 2.68. The van der Waals surface area contributed by atoms with Crippen molar-refractivity contribution in [2.24, 2.45) is 0 Å². The molecule has 5 heteroatoms.